The molecule has 0 unspecified atom stereocenters. The van der Waals surface area contributed by atoms with Crippen LogP contribution >= 0.6 is 0 Å². The zero-order valence-electron chi connectivity index (χ0n) is 15.3. The van der Waals surface area contributed by atoms with Gasteiger partial charge in [0.05, 0.1) is 12.2 Å². The highest BCUT2D eigenvalue weighted by Crippen LogP contribution is 2.38. The highest BCUT2D eigenvalue weighted by Gasteiger charge is 2.32. The Kier molecular flexibility index (Phi) is 4.86. The third-order valence-corrected chi connectivity index (χ3v) is 4.72. The van der Waals surface area contributed by atoms with Gasteiger partial charge in [-0.2, -0.15) is 8.78 Å². The molecule has 0 radical (unpaired) electrons. The number of rotatable bonds is 5. The molecule has 0 bridgehead atoms. The van der Waals surface area contributed by atoms with Crippen LogP contribution in [-0.2, 0) is 6.54 Å². The van der Waals surface area contributed by atoms with Gasteiger partial charge in [0.25, 0.3) is 5.91 Å². The van der Waals surface area contributed by atoms with E-state index in [0.717, 1.165) is 6.07 Å². The number of halogens is 3. The van der Waals surface area contributed by atoms with Gasteiger partial charge in [-0.1, -0.05) is 0 Å². The van der Waals surface area contributed by atoms with E-state index >= 15 is 0 Å². The molecular formula is C21H14F3N3O3. The van der Waals surface area contributed by atoms with Crippen molar-refractivity contribution in [1.82, 2.24) is 4.98 Å². The number of benzene rings is 2. The van der Waals surface area contributed by atoms with E-state index in [4.69, 9.17) is 5.73 Å². The maximum atomic E-state index is 13.2. The monoisotopic (exact) mass is 413 g/mol. The lowest BCUT2D eigenvalue weighted by Crippen LogP contribution is -2.22. The largest absolute Gasteiger partial charge is 0.434 e. The van der Waals surface area contributed by atoms with E-state index in [0.29, 0.717) is 16.8 Å². The normalized spacial score (nSPS) is 12.9. The molecule has 30 heavy (non-hydrogen) atoms. The van der Waals surface area contributed by atoms with Crippen LogP contribution in [0.3, 0.4) is 0 Å². The molecule has 3 aromatic rings. The molecule has 1 aliphatic rings. The van der Waals surface area contributed by atoms with Crippen LogP contribution in [0.25, 0.3) is 11.3 Å². The summed E-state index contributed by atoms with van der Waals surface area (Å²) in [5.74, 6) is -1.85. The molecule has 6 nitrogen and oxygen atoms in total. The van der Waals surface area contributed by atoms with Gasteiger partial charge < -0.3 is 15.4 Å². The Hall–Kier alpha value is -3.88. The predicted octanol–water partition coefficient (Wildman–Crippen LogP) is 3.75. The fourth-order valence-corrected chi connectivity index (χ4v) is 3.35. The topological polar surface area (TPSA) is 85.5 Å². The highest BCUT2D eigenvalue weighted by atomic mass is 19.3. The molecule has 0 aliphatic carbocycles. The minimum absolute atomic E-state index is 0.00834. The van der Waals surface area contributed by atoms with Crippen LogP contribution < -0.4 is 15.4 Å². The van der Waals surface area contributed by atoms with E-state index in [1.165, 1.54) is 53.6 Å². The molecule has 1 aliphatic heterocycles. The van der Waals surface area contributed by atoms with Crippen LogP contribution in [0.2, 0.25) is 0 Å². The second-order valence-corrected chi connectivity index (χ2v) is 6.51. The Morgan fingerprint density at radius 2 is 1.83 bits per heavy atom. The second-order valence-electron chi connectivity index (χ2n) is 6.51. The molecule has 0 fully saturated rings. The molecule has 2 N–H and O–H groups in total. The zero-order chi connectivity index (χ0) is 21.4. The van der Waals surface area contributed by atoms with Gasteiger partial charge in [-0.15, -0.1) is 0 Å². The van der Waals surface area contributed by atoms with Crippen LogP contribution in [0.15, 0.2) is 54.7 Å². The molecule has 0 saturated heterocycles. The lowest BCUT2D eigenvalue weighted by atomic mass is 10.0. The number of pyridine rings is 1. The van der Waals surface area contributed by atoms with Gasteiger partial charge in [0.15, 0.2) is 0 Å². The van der Waals surface area contributed by atoms with Crippen LogP contribution in [0.1, 0.15) is 26.3 Å². The van der Waals surface area contributed by atoms with Crippen molar-refractivity contribution in [1.29, 1.82) is 0 Å². The minimum Gasteiger partial charge on any atom is -0.434 e. The maximum Gasteiger partial charge on any atom is 0.387 e. The zero-order valence-corrected chi connectivity index (χ0v) is 15.3. The number of amides is 2. The first-order valence-corrected chi connectivity index (χ1v) is 8.79. The van der Waals surface area contributed by atoms with Crippen molar-refractivity contribution in [2.75, 3.05) is 4.90 Å². The van der Waals surface area contributed by atoms with Crippen molar-refractivity contribution in [3.63, 3.8) is 0 Å². The van der Waals surface area contributed by atoms with Crippen molar-refractivity contribution in [3.8, 4) is 17.0 Å². The van der Waals surface area contributed by atoms with Gasteiger partial charge in [0, 0.05) is 34.1 Å². The number of carbonyl (C=O) groups is 2. The first-order valence-electron chi connectivity index (χ1n) is 8.79. The minimum atomic E-state index is -3.14. The molecule has 0 atom stereocenters. The maximum absolute atomic E-state index is 13.2. The van der Waals surface area contributed by atoms with E-state index in [1.54, 1.807) is 0 Å². The number of fused-ring (bicyclic) bond motifs is 1. The van der Waals surface area contributed by atoms with Crippen molar-refractivity contribution < 1.29 is 27.5 Å². The summed E-state index contributed by atoms with van der Waals surface area (Å²) in [5.41, 5.74) is 6.99. The Morgan fingerprint density at radius 3 is 2.50 bits per heavy atom. The third-order valence-electron chi connectivity index (χ3n) is 4.72. The molecule has 1 aromatic heterocycles. The number of hydrogen-bond acceptors (Lipinski definition) is 4. The lowest BCUT2D eigenvalue weighted by molar-refractivity contribution is -0.0495. The molecule has 152 valence electrons. The van der Waals surface area contributed by atoms with E-state index in [9.17, 15) is 22.8 Å². The van der Waals surface area contributed by atoms with Crippen molar-refractivity contribution in [2.24, 2.45) is 5.73 Å². The summed E-state index contributed by atoms with van der Waals surface area (Å²) >= 11 is 0. The average Bonchev–Trinajstić information content (AvgIpc) is 3.05. The standard InChI is InChI=1S/C21H14F3N3O3/c22-12-2-4-13(5-3-12)27-10-16-14(20(27)29)7-8-26-18(16)15-6-1-11(19(25)28)9-17(15)30-21(23)24/h1-9,21H,10H2,(H2,25,28). The van der Waals surface area contributed by atoms with E-state index < -0.39 is 18.3 Å². The molecule has 2 aromatic carbocycles. The first kappa shape index (κ1) is 19.4. The van der Waals surface area contributed by atoms with E-state index in [-0.39, 0.29) is 35.0 Å². The number of aromatic nitrogens is 1. The van der Waals surface area contributed by atoms with Crippen molar-refractivity contribution in [3.05, 3.63) is 77.2 Å². The lowest BCUT2D eigenvalue weighted by Gasteiger charge is -2.16. The number of alkyl halides is 2. The van der Waals surface area contributed by atoms with Crippen LogP contribution in [0, 0.1) is 5.82 Å². The number of carbonyl (C=O) groups excluding carboxylic acids is 2. The summed E-state index contributed by atoms with van der Waals surface area (Å²) in [4.78, 5) is 30.0. The predicted molar refractivity (Wildman–Crippen MR) is 102 cm³/mol. The fraction of sp³-hybridized carbons (Fsp3) is 0.0952. The summed E-state index contributed by atoms with van der Waals surface area (Å²) in [5, 5.41) is 0. The third kappa shape index (κ3) is 3.45. The Morgan fingerprint density at radius 1 is 1.10 bits per heavy atom. The molecule has 2 heterocycles. The summed E-state index contributed by atoms with van der Waals surface area (Å²) in [6.07, 6.45) is 1.38. The summed E-state index contributed by atoms with van der Waals surface area (Å²) in [6, 6.07) is 10.8. The number of hydrogen-bond donors (Lipinski definition) is 1. The molecular weight excluding hydrogens is 399 g/mol. The molecule has 2 amide bonds. The van der Waals surface area contributed by atoms with Crippen molar-refractivity contribution >= 4 is 17.5 Å². The van der Waals surface area contributed by atoms with Crippen LogP contribution in [-0.4, -0.2) is 23.4 Å². The quantitative estimate of drug-likeness (QED) is 0.690. The number of primary amides is 1. The van der Waals surface area contributed by atoms with E-state index in [1.807, 2.05) is 0 Å². The van der Waals surface area contributed by atoms with Gasteiger partial charge in [-0.3, -0.25) is 14.6 Å². The van der Waals surface area contributed by atoms with Gasteiger partial charge in [0.2, 0.25) is 5.91 Å². The first-order chi connectivity index (χ1) is 14.3. The summed E-state index contributed by atoms with van der Waals surface area (Å²) in [6.45, 7) is -3.03. The van der Waals surface area contributed by atoms with Gasteiger partial charge >= 0.3 is 6.61 Å². The number of anilines is 1. The van der Waals surface area contributed by atoms with Gasteiger partial charge in [-0.05, 0) is 48.5 Å². The summed E-state index contributed by atoms with van der Waals surface area (Å²) in [7, 11) is 0. The smallest absolute Gasteiger partial charge is 0.387 e. The van der Waals surface area contributed by atoms with Gasteiger partial charge in [0.1, 0.15) is 11.6 Å². The molecule has 9 heteroatoms. The second kappa shape index (κ2) is 7.51. The Labute approximate surface area is 168 Å². The number of nitrogens with two attached hydrogens (primary N) is 1. The average molecular weight is 413 g/mol. The highest BCUT2D eigenvalue weighted by molar-refractivity contribution is 6.11. The Bertz CT molecular complexity index is 1150. The van der Waals surface area contributed by atoms with Crippen LogP contribution in [0.4, 0.5) is 18.9 Å². The Balaban J connectivity index is 1.80. The summed E-state index contributed by atoms with van der Waals surface area (Å²) < 4.78 is 43.7. The molecule has 0 spiro atoms. The molecule has 4 rings (SSSR count). The number of ether oxygens (including phenoxy) is 1. The van der Waals surface area contributed by atoms with Crippen molar-refractivity contribution in [2.45, 2.75) is 13.2 Å². The van der Waals surface area contributed by atoms with Gasteiger partial charge in [-0.25, -0.2) is 4.39 Å². The fourth-order valence-electron chi connectivity index (χ4n) is 3.35. The molecule has 0 saturated carbocycles. The SMILES string of the molecule is NC(=O)c1ccc(-c2nccc3c2CN(c2ccc(F)cc2)C3=O)c(OC(F)F)c1. The van der Waals surface area contributed by atoms with E-state index in [2.05, 4.69) is 9.72 Å². The van der Waals surface area contributed by atoms with Crippen LogP contribution in [0.5, 0.6) is 5.75 Å². The number of nitrogens with zero attached hydrogens (tertiary/aromatic N) is 2.